The van der Waals surface area contributed by atoms with Crippen molar-refractivity contribution in [2.24, 2.45) is 56.5 Å². The zero-order chi connectivity index (χ0) is 20.9. The summed E-state index contributed by atoms with van der Waals surface area (Å²) >= 11 is 0. The van der Waals surface area contributed by atoms with Gasteiger partial charge in [-0.1, -0.05) is 41.0 Å². The molecule has 5 rings (SSSR count). The Labute approximate surface area is 179 Å². The highest BCUT2D eigenvalue weighted by Crippen LogP contribution is 2.76. The maximum Gasteiger partial charge on any atom is 0.0594 e. The fraction of sp³-hybridized carbons (Fsp3) is 1.00. The molecule has 0 aromatic heterocycles. The molecule has 0 unspecified atom stereocenters. The Morgan fingerprint density at radius 2 is 1.48 bits per heavy atom. The lowest BCUT2D eigenvalue weighted by Crippen LogP contribution is -2.66. The number of aliphatic hydroxyl groups excluding tert-OH is 1. The van der Waals surface area contributed by atoms with Gasteiger partial charge in [-0.25, -0.2) is 0 Å². The van der Waals surface area contributed by atoms with Gasteiger partial charge in [0.2, 0.25) is 0 Å². The van der Waals surface area contributed by atoms with E-state index in [1.54, 1.807) is 0 Å². The van der Waals surface area contributed by atoms with Gasteiger partial charge in [0.15, 0.2) is 0 Å². The summed E-state index contributed by atoms with van der Waals surface area (Å²) < 4.78 is 0. The third-order valence-electron chi connectivity index (χ3n) is 12.9. The average Bonchev–Trinajstić information content (AvgIpc) is 3.10. The fourth-order valence-corrected chi connectivity index (χ4v) is 11.0. The van der Waals surface area contributed by atoms with Crippen LogP contribution >= 0.6 is 0 Å². The molecule has 0 radical (unpaired) electrons. The molecule has 0 amide bonds. The minimum absolute atomic E-state index is 0.0683. The third-order valence-corrected chi connectivity index (χ3v) is 12.9. The molecule has 2 nitrogen and oxygen atoms in total. The summed E-state index contributed by atoms with van der Waals surface area (Å²) in [5.41, 5.74) is 8.33. The Kier molecular flexibility index (Phi) is 4.48. The highest BCUT2D eigenvalue weighted by molar-refractivity contribution is 5.18. The Hall–Kier alpha value is -0.0800. The summed E-state index contributed by atoms with van der Waals surface area (Å²) in [6.07, 6.45) is 14.7. The minimum atomic E-state index is -0.116. The molecule has 0 aromatic rings. The fourth-order valence-electron chi connectivity index (χ4n) is 11.0. The molecule has 2 heteroatoms. The highest BCUT2D eigenvalue weighted by atomic mass is 16.3. The van der Waals surface area contributed by atoms with Crippen LogP contribution in [-0.2, 0) is 0 Å². The first kappa shape index (κ1) is 20.8. The number of hydrogen-bond donors (Lipinski definition) is 2. The third kappa shape index (κ3) is 2.37. The molecule has 0 spiro atoms. The molecule has 5 saturated carbocycles. The van der Waals surface area contributed by atoms with Gasteiger partial charge in [0, 0.05) is 0 Å². The molecule has 29 heavy (non-hydrogen) atoms. The van der Waals surface area contributed by atoms with Crippen molar-refractivity contribution in [3.8, 4) is 0 Å². The van der Waals surface area contributed by atoms with Crippen LogP contribution in [0.15, 0.2) is 0 Å². The number of aliphatic hydroxyl groups is 1. The molecule has 0 saturated heterocycles. The van der Waals surface area contributed by atoms with Crippen molar-refractivity contribution in [1.82, 2.24) is 0 Å². The summed E-state index contributed by atoms with van der Waals surface area (Å²) in [7, 11) is 0. The van der Waals surface area contributed by atoms with Crippen LogP contribution < -0.4 is 5.73 Å². The first-order valence-electron chi connectivity index (χ1n) is 12.9. The molecule has 5 aliphatic carbocycles. The number of fused-ring (bicyclic) bond motifs is 7. The first-order valence-corrected chi connectivity index (χ1v) is 12.9. The minimum Gasteiger partial charge on any atom is -0.393 e. The van der Waals surface area contributed by atoms with Crippen molar-refractivity contribution >= 4 is 0 Å². The Morgan fingerprint density at radius 1 is 0.724 bits per heavy atom. The highest BCUT2D eigenvalue weighted by Gasteiger charge is 2.69. The predicted octanol–water partition coefficient (Wildman–Crippen LogP) is 6.16. The van der Waals surface area contributed by atoms with Crippen LogP contribution in [0.1, 0.15) is 105 Å². The van der Waals surface area contributed by atoms with E-state index in [0.29, 0.717) is 27.6 Å². The van der Waals surface area contributed by atoms with Crippen molar-refractivity contribution in [2.75, 3.05) is 6.54 Å². The van der Waals surface area contributed by atoms with E-state index in [9.17, 15) is 5.11 Å². The van der Waals surface area contributed by atoms with Gasteiger partial charge in [0.25, 0.3) is 0 Å². The molecule has 0 bridgehead atoms. The lowest BCUT2D eigenvalue weighted by molar-refractivity contribution is -0.245. The summed E-state index contributed by atoms with van der Waals surface area (Å²) in [5, 5.41) is 10.8. The van der Waals surface area contributed by atoms with Crippen molar-refractivity contribution in [3.63, 3.8) is 0 Å². The Balaban J connectivity index is 1.53. The topological polar surface area (TPSA) is 46.2 Å². The van der Waals surface area contributed by atoms with Crippen molar-refractivity contribution in [1.29, 1.82) is 0 Å². The Morgan fingerprint density at radius 3 is 2.21 bits per heavy atom. The monoisotopic (exact) mass is 401 g/mol. The van der Waals surface area contributed by atoms with Crippen molar-refractivity contribution in [3.05, 3.63) is 0 Å². The van der Waals surface area contributed by atoms with Crippen molar-refractivity contribution < 1.29 is 5.11 Å². The molecule has 0 aromatic carbocycles. The van der Waals surface area contributed by atoms with Crippen LogP contribution in [0, 0.1) is 50.7 Å². The lowest BCUT2D eigenvalue weighted by Gasteiger charge is -2.72. The molecule has 0 aliphatic heterocycles. The Bertz CT molecular complexity index is 673. The van der Waals surface area contributed by atoms with Gasteiger partial charge in [-0.15, -0.1) is 0 Å². The van der Waals surface area contributed by atoms with Crippen LogP contribution in [-0.4, -0.2) is 17.8 Å². The van der Waals surface area contributed by atoms with Gasteiger partial charge < -0.3 is 10.8 Å². The van der Waals surface area contributed by atoms with E-state index in [1.165, 1.54) is 64.2 Å². The van der Waals surface area contributed by atoms with Crippen LogP contribution in [0.5, 0.6) is 0 Å². The SMILES string of the molecule is CC1(C)[C@@H](O)CC[C@]2(C)[C@H]3CC[C@@H]4[C@H]5CCC[C@]5(CN)CC[C@@]4(C)[C@]3(C)CC[C@@H]12. The average molecular weight is 402 g/mol. The largest absolute Gasteiger partial charge is 0.393 e. The predicted molar refractivity (Wildman–Crippen MR) is 120 cm³/mol. The van der Waals surface area contributed by atoms with Crippen LogP contribution in [0.3, 0.4) is 0 Å². The van der Waals surface area contributed by atoms with Gasteiger partial charge in [-0.3, -0.25) is 0 Å². The summed E-state index contributed by atoms with van der Waals surface area (Å²) in [6.45, 7) is 13.7. The van der Waals surface area contributed by atoms with E-state index in [2.05, 4.69) is 34.6 Å². The summed E-state index contributed by atoms with van der Waals surface area (Å²) in [6, 6.07) is 0. The van der Waals surface area contributed by atoms with E-state index in [4.69, 9.17) is 5.73 Å². The van der Waals surface area contributed by atoms with E-state index < -0.39 is 0 Å². The van der Waals surface area contributed by atoms with Gasteiger partial charge >= 0.3 is 0 Å². The lowest BCUT2D eigenvalue weighted by atomic mass is 9.32. The molecular weight excluding hydrogens is 354 g/mol. The maximum atomic E-state index is 10.8. The maximum absolute atomic E-state index is 10.8. The molecule has 5 fully saturated rings. The zero-order valence-corrected chi connectivity index (χ0v) is 19.9. The van der Waals surface area contributed by atoms with E-state index in [1.807, 2.05) is 0 Å². The molecule has 0 heterocycles. The van der Waals surface area contributed by atoms with Gasteiger partial charge in [-0.05, 0) is 121 Å². The zero-order valence-electron chi connectivity index (χ0n) is 19.9. The second-order valence-electron chi connectivity index (χ2n) is 13.6. The van der Waals surface area contributed by atoms with Crippen LogP contribution in [0.2, 0.25) is 0 Å². The van der Waals surface area contributed by atoms with Gasteiger partial charge in [0.05, 0.1) is 6.10 Å². The number of hydrogen-bond acceptors (Lipinski definition) is 2. The molecular formula is C27H47NO. The van der Waals surface area contributed by atoms with Crippen LogP contribution in [0.4, 0.5) is 0 Å². The normalized spacial score (nSPS) is 58.7. The number of nitrogens with two attached hydrogens (primary N) is 1. The van der Waals surface area contributed by atoms with Gasteiger partial charge in [0.1, 0.15) is 0 Å². The molecule has 166 valence electrons. The van der Waals surface area contributed by atoms with Crippen molar-refractivity contribution in [2.45, 2.75) is 111 Å². The number of rotatable bonds is 1. The quantitative estimate of drug-likeness (QED) is 0.552. The van der Waals surface area contributed by atoms with E-state index >= 15 is 0 Å². The second-order valence-corrected chi connectivity index (χ2v) is 13.6. The molecule has 9 atom stereocenters. The second kappa shape index (κ2) is 6.25. The standard InChI is InChI=1S/C27H47NO/c1-23(2)20-10-14-26(5)21(24(20,3)13-11-22(23)29)9-8-18-19-7-6-12-27(19,17-28)16-15-25(18,26)4/h18-22,29H,6-17,28H2,1-5H3/t18-,19-,20+,21-,22+,24+,25-,26-,27-/m1/s1. The summed E-state index contributed by atoms with van der Waals surface area (Å²) in [5.74, 6) is 3.29. The molecule has 3 N–H and O–H groups in total. The smallest absolute Gasteiger partial charge is 0.0594 e. The van der Waals surface area contributed by atoms with E-state index in [0.717, 1.165) is 30.7 Å². The first-order chi connectivity index (χ1) is 13.6. The van der Waals surface area contributed by atoms with Gasteiger partial charge in [-0.2, -0.15) is 0 Å². The summed E-state index contributed by atoms with van der Waals surface area (Å²) in [4.78, 5) is 0. The van der Waals surface area contributed by atoms with Crippen LogP contribution in [0.25, 0.3) is 0 Å². The molecule has 5 aliphatic rings. The van der Waals surface area contributed by atoms with E-state index in [-0.39, 0.29) is 11.5 Å².